The molecule has 70 heavy (non-hydrogen) atoms. The molecule has 6 aromatic carbocycles. The maximum atomic E-state index is 8.69. The molecular weight excluding hydrogens is 1050 g/mol. The average Bonchev–Trinajstić information content (AvgIpc) is 3.91. The first-order valence-electron chi connectivity index (χ1n) is 25.1. The Balaban J connectivity index is 0.000000221. The Morgan fingerprint density at radius 2 is 1.30 bits per heavy atom. The van der Waals surface area contributed by atoms with Crippen molar-refractivity contribution >= 4 is 46.4 Å². The molecule has 0 amide bonds. The molecule has 0 atom stereocenters. The maximum Gasteiger partial charge on any atom is 0.216 e. The van der Waals surface area contributed by atoms with Gasteiger partial charge in [0.05, 0.1) is 36.2 Å². The summed E-state index contributed by atoms with van der Waals surface area (Å²) in [5, 5.41) is 3.09. The summed E-state index contributed by atoms with van der Waals surface area (Å²) in [5.74, 6) is 0.674. The quantitative estimate of drug-likeness (QED) is 0.112. The second-order valence-corrected chi connectivity index (χ2v) is 26.6. The number of aryl methyl sites for hydroxylation is 1. The van der Waals surface area contributed by atoms with Crippen LogP contribution < -0.4 is 5.19 Å². The number of furan rings is 1. The van der Waals surface area contributed by atoms with Crippen LogP contribution in [-0.2, 0) is 37.3 Å². The SMILES string of the molecule is Cc1ccc2c(n1)oc1c(-c3nc4ccccc4n3-c3c(-c4ccccc4)cc(C(C)(C)C)cc3-c3ccccc3)[c-]ccc12.[2H]C([2H])(c1cc(-c2[c-]ccc(C(C)(C)C)c2)ncc1[Si](C)(C)C)C(C)C.[Ir]. The van der Waals surface area contributed by atoms with E-state index in [0.29, 0.717) is 5.71 Å². The van der Waals surface area contributed by atoms with Crippen LogP contribution in [0.5, 0.6) is 0 Å². The molecule has 0 aliphatic rings. The normalized spacial score (nSPS) is 12.7. The van der Waals surface area contributed by atoms with Crippen LogP contribution >= 0.6 is 0 Å². The van der Waals surface area contributed by atoms with Gasteiger partial charge in [0.25, 0.3) is 0 Å². The number of imidazole rings is 1. The number of para-hydroxylation sites is 2. The van der Waals surface area contributed by atoms with Crippen molar-refractivity contribution in [2.24, 2.45) is 5.92 Å². The van der Waals surface area contributed by atoms with E-state index in [1.54, 1.807) is 0 Å². The first kappa shape index (κ1) is 47.4. The first-order chi connectivity index (χ1) is 33.6. The molecule has 0 unspecified atom stereocenters. The Morgan fingerprint density at radius 1 is 0.686 bits per heavy atom. The molecule has 0 saturated heterocycles. The number of nitrogens with zero attached hydrogens (tertiary/aromatic N) is 4. The zero-order valence-corrected chi connectivity index (χ0v) is 45.9. The molecule has 7 heteroatoms. The third kappa shape index (κ3) is 10.3. The Bertz CT molecular complexity index is 3500. The van der Waals surface area contributed by atoms with Crippen LogP contribution in [0.4, 0.5) is 0 Å². The van der Waals surface area contributed by atoms with E-state index in [0.717, 1.165) is 94.4 Å². The fourth-order valence-electron chi connectivity index (χ4n) is 9.00. The summed E-state index contributed by atoms with van der Waals surface area (Å²) in [4.78, 5) is 14.7. The van der Waals surface area contributed by atoms with Gasteiger partial charge in [0.15, 0.2) is 0 Å². The van der Waals surface area contributed by atoms with Gasteiger partial charge in [-0.3, -0.25) is 4.98 Å². The smallest absolute Gasteiger partial charge is 0.216 e. The number of pyridine rings is 2. The third-order valence-corrected chi connectivity index (χ3v) is 14.7. The molecule has 0 spiro atoms. The number of hydrogen-bond acceptors (Lipinski definition) is 4. The van der Waals surface area contributed by atoms with Crippen molar-refractivity contribution in [1.29, 1.82) is 0 Å². The van der Waals surface area contributed by atoms with E-state index in [4.69, 9.17) is 22.1 Å². The van der Waals surface area contributed by atoms with Crippen LogP contribution in [0.2, 0.25) is 19.6 Å². The van der Waals surface area contributed by atoms with E-state index in [9.17, 15) is 0 Å². The minimum absolute atomic E-state index is 0. The second kappa shape index (κ2) is 19.9. The van der Waals surface area contributed by atoms with Gasteiger partial charge in [-0.2, -0.15) is 0 Å². The Morgan fingerprint density at radius 3 is 1.91 bits per heavy atom. The van der Waals surface area contributed by atoms with Crippen molar-refractivity contribution in [3.8, 4) is 50.6 Å². The Kier molecular flexibility index (Phi) is 13.5. The average molecular weight is 1120 g/mol. The van der Waals surface area contributed by atoms with E-state index in [1.165, 1.54) is 11.1 Å². The Labute approximate surface area is 432 Å². The molecule has 0 N–H and O–H groups in total. The molecule has 1 radical (unpaired) electrons. The largest absolute Gasteiger partial charge is 0.486 e. The van der Waals surface area contributed by atoms with Crippen LogP contribution in [0.1, 0.15) is 80.5 Å². The van der Waals surface area contributed by atoms with Gasteiger partial charge in [-0.1, -0.05) is 170 Å². The predicted octanol–water partition coefficient (Wildman–Crippen LogP) is 16.3. The van der Waals surface area contributed by atoms with Crippen molar-refractivity contribution < 1.29 is 27.3 Å². The molecule has 10 aromatic rings. The molecule has 0 bridgehead atoms. The fourth-order valence-corrected chi connectivity index (χ4v) is 10.4. The first-order valence-corrected chi connectivity index (χ1v) is 27.6. The number of aromatic nitrogens is 4. The molecule has 4 heterocycles. The molecule has 0 fully saturated rings. The molecule has 5 nitrogen and oxygen atoms in total. The summed E-state index contributed by atoms with van der Waals surface area (Å²) >= 11 is 0. The molecule has 4 aromatic heterocycles. The number of rotatable bonds is 8. The van der Waals surface area contributed by atoms with E-state index in [1.807, 2.05) is 57.3 Å². The molecule has 0 aliphatic heterocycles. The summed E-state index contributed by atoms with van der Waals surface area (Å²) in [6, 6.07) is 57.5. The van der Waals surface area contributed by atoms with Gasteiger partial charge >= 0.3 is 0 Å². The fraction of sp³-hybridized carbons (Fsp3) is 0.254. The molecule has 0 aliphatic carbocycles. The Hall–Kier alpha value is -6.24. The van der Waals surface area contributed by atoms with Gasteiger partial charge in [0.2, 0.25) is 5.71 Å². The maximum absolute atomic E-state index is 8.69. The zero-order chi connectivity index (χ0) is 50.6. The van der Waals surface area contributed by atoms with E-state index in [-0.39, 0.29) is 36.9 Å². The summed E-state index contributed by atoms with van der Waals surface area (Å²) in [5.41, 5.74) is 15.6. The van der Waals surface area contributed by atoms with Gasteiger partial charge in [-0.25, -0.2) is 4.98 Å². The minimum Gasteiger partial charge on any atom is -0.486 e. The second-order valence-electron chi connectivity index (χ2n) is 21.6. The van der Waals surface area contributed by atoms with E-state index in [2.05, 4.69) is 193 Å². The summed E-state index contributed by atoms with van der Waals surface area (Å²) in [7, 11) is -1.71. The van der Waals surface area contributed by atoms with Crippen LogP contribution in [0.15, 0.2) is 156 Å². The van der Waals surface area contributed by atoms with Crippen molar-refractivity contribution in [1.82, 2.24) is 19.5 Å². The summed E-state index contributed by atoms with van der Waals surface area (Å²) in [6.07, 6.45) is 0.531. The minimum atomic E-state index is -1.71. The van der Waals surface area contributed by atoms with Gasteiger partial charge in [0, 0.05) is 51.3 Å². The topological polar surface area (TPSA) is 56.7 Å². The standard InChI is InChI=1S/C41H32N3O.C22H32NSi.Ir/c1-26-22-23-31-30-18-13-19-32(38(30)45-40(31)42-26)39-43-35-20-11-12-21-36(35)44(39)37-33(27-14-7-5-8-15-27)24-29(41(2,3)4)25-34(37)28-16-9-6-10-17-28;1-16(2)12-18-14-20(23-15-21(18)24(6,7)8)17-10-9-11-19(13-17)22(3,4)5;/h5-18,20-25H,1-4H3;9,11,13-16H,12H2,1-8H3;/q2*-1;/i;12D2;. The molecule has 0 saturated carbocycles. The predicted molar refractivity (Wildman–Crippen MR) is 293 cm³/mol. The van der Waals surface area contributed by atoms with E-state index >= 15 is 0 Å². The number of hydrogen-bond donors (Lipinski definition) is 0. The van der Waals surface area contributed by atoms with Crippen LogP contribution in [-0.4, -0.2) is 27.6 Å². The van der Waals surface area contributed by atoms with Gasteiger partial charge < -0.3 is 14.0 Å². The van der Waals surface area contributed by atoms with Crippen molar-refractivity contribution in [2.75, 3.05) is 0 Å². The molecule has 357 valence electrons. The number of benzene rings is 6. The summed E-state index contributed by atoms with van der Waals surface area (Å²) < 4.78 is 26.2. The van der Waals surface area contributed by atoms with Crippen molar-refractivity contribution in [3.05, 3.63) is 186 Å². The van der Waals surface area contributed by atoms with Crippen LogP contribution in [0.25, 0.3) is 83.7 Å². The molecular formula is C63H64IrN4OSi-2. The van der Waals surface area contributed by atoms with Gasteiger partial charge in [-0.05, 0) is 94.0 Å². The van der Waals surface area contributed by atoms with E-state index < -0.39 is 14.4 Å². The monoisotopic (exact) mass is 1120 g/mol. The van der Waals surface area contributed by atoms with Crippen molar-refractivity contribution in [3.63, 3.8) is 0 Å². The molecule has 10 rings (SSSR count). The van der Waals surface area contributed by atoms with Gasteiger partial charge in [-0.15, -0.1) is 53.6 Å². The van der Waals surface area contributed by atoms with Crippen LogP contribution in [0.3, 0.4) is 0 Å². The van der Waals surface area contributed by atoms with Gasteiger partial charge in [0.1, 0.15) is 0 Å². The zero-order valence-electron chi connectivity index (χ0n) is 44.5. The third-order valence-electron chi connectivity index (χ3n) is 12.7. The number of fused-ring (bicyclic) bond motifs is 4. The van der Waals surface area contributed by atoms with Crippen molar-refractivity contribution in [2.45, 2.75) is 99.2 Å². The summed E-state index contributed by atoms with van der Waals surface area (Å²) in [6.45, 7) is 26.0. The van der Waals surface area contributed by atoms with Crippen LogP contribution in [0, 0.1) is 25.0 Å².